The van der Waals surface area contributed by atoms with Crippen molar-refractivity contribution in [1.82, 2.24) is 9.97 Å². The lowest BCUT2D eigenvalue weighted by Crippen LogP contribution is -2.27. The van der Waals surface area contributed by atoms with E-state index in [4.69, 9.17) is 17.3 Å². The zero-order valence-electron chi connectivity index (χ0n) is 12.7. The molecule has 0 unspecified atom stereocenters. The summed E-state index contributed by atoms with van der Waals surface area (Å²) in [6.07, 6.45) is 1.48. The molecule has 0 saturated heterocycles. The molecule has 0 fully saturated rings. The molecule has 0 aliphatic rings. The van der Waals surface area contributed by atoms with Gasteiger partial charge in [-0.25, -0.2) is 9.97 Å². The molecule has 0 atom stereocenters. The van der Waals surface area contributed by atoms with Crippen molar-refractivity contribution < 1.29 is 0 Å². The highest BCUT2D eigenvalue weighted by atomic mass is 35.5. The zero-order chi connectivity index (χ0) is 15.6. The van der Waals surface area contributed by atoms with E-state index in [1.54, 1.807) is 0 Å². The van der Waals surface area contributed by atoms with E-state index in [9.17, 15) is 0 Å². The first-order valence-electron chi connectivity index (χ1n) is 6.69. The van der Waals surface area contributed by atoms with Crippen LogP contribution in [0, 0.1) is 6.92 Å². The highest BCUT2D eigenvalue weighted by Gasteiger charge is 2.15. The number of nitrogen functional groups attached to an aromatic ring is 1. The predicted octanol–water partition coefficient (Wildman–Crippen LogP) is 3.97. The Kier molecular flexibility index (Phi) is 4.23. The molecule has 0 aliphatic carbocycles. The lowest BCUT2D eigenvalue weighted by molar-refractivity contribution is 0.630. The van der Waals surface area contributed by atoms with E-state index in [-0.39, 0.29) is 5.54 Å². The first-order chi connectivity index (χ1) is 9.78. The fourth-order valence-corrected chi connectivity index (χ4v) is 1.99. The second kappa shape index (κ2) is 5.77. The monoisotopic (exact) mass is 305 g/mol. The SMILES string of the molecule is Cc1c(Cl)cccc1Nc1ncnc(NC(C)(C)C)c1N. The molecule has 4 N–H and O–H groups in total. The van der Waals surface area contributed by atoms with E-state index >= 15 is 0 Å². The number of nitrogens with two attached hydrogens (primary N) is 1. The summed E-state index contributed by atoms with van der Waals surface area (Å²) in [5.41, 5.74) is 8.31. The molecule has 0 aliphatic heterocycles. The molecule has 1 aromatic heterocycles. The maximum atomic E-state index is 6.14. The summed E-state index contributed by atoms with van der Waals surface area (Å²) < 4.78 is 0. The van der Waals surface area contributed by atoms with Crippen LogP contribution in [0.2, 0.25) is 5.02 Å². The van der Waals surface area contributed by atoms with E-state index in [0.29, 0.717) is 22.3 Å². The largest absolute Gasteiger partial charge is 0.393 e. The number of hydrogen-bond donors (Lipinski definition) is 3. The molecule has 0 radical (unpaired) electrons. The van der Waals surface area contributed by atoms with Crippen molar-refractivity contribution in [2.45, 2.75) is 33.2 Å². The van der Waals surface area contributed by atoms with Gasteiger partial charge in [-0.3, -0.25) is 0 Å². The van der Waals surface area contributed by atoms with Crippen LogP contribution in [0.5, 0.6) is 0 Å². The molecule has 0 bridgehead atoms. The minimum atomic E-state index is -0.133. The summed E-state index contributed by atoms with van der Waals surface area (Å²) in [5, 5.41) is 7.16. The first-order valence-corrected chi connectivity index (χ1v) is 7.06. The number of halogens is 1. The van der Waals surface area contributed by atoms with Gasteiger partial charge in [0.05, 0.1) is 0 Å². The fraction of sp³-hybridized carbons (Fsp3) is 0.333. The maximum Gasteiger partial charge on any atom is 0.159 e. The number of nitrogens with one attached hydrogen (secondary N) is 2. The zero-order valence-corrected chi connectivity index (χ0v) is 13.4. The number of anilines is 4. The van der Waals surface area contributed by atoms with Crippen LogP contribution in [0.25, 0.3) is 0 Å². The molecule has 5 nitrogen and oxygen atoms in total. The third-order valence-corrected chi connectivity index (χ3v) is 3.31. The van der Waals surface area contributed by atoms with Gasteiger partial charge in [0.1, 0.15) is 12.0 Å². The van der Waals surface area contributed by atoms with Gasteiger partial charge in [-0.05, 0) is 45.4 Å². The Bertz CT molecular complexity index is 649. The van der Waals surface area contributed by atoms with Gasteiger partial charge >= 0.3 is 0 Å². The Morgan fingerprint density at radius 1 is 1.14 bits per heavy atom. The average Bonchev–Trinajstić information content (AvgIpc) is 2.38. The van der Waals surface area contributed by atoms with Crippen molar-refractivity contribution in [2.75, 3.05) is 16.4 Å². The minimum absolute atomic E-state index is 0.133. The highest BCUT2D eigenvalue weighted by molar-refractivity contribution is 6.31. The van der Waals surface area contributed by atoms with Crippen LogP contribution in [0.3, 0.4) is 0 Å². The van der Waals surface area contributed by atoms with Gasteiger partial charge in [-0.15, -0.1) is 0 Å². The topological polar surface area (TPSA) is 75.9 Å². The minimum Gasteiger partial charge on any atom is -0.393 e. The van der Waals surface area contributed by atoms with Crippen LogP contribution in [0.15, 0.2) is 24.5 Å². The van der Waals surface area contributed by atoms with E-state index in [1.807, 2.05) is 45.9 Å². The number of hydrogen-bond acceptors (Lipinski definition) is 5. The number of rotatable bonds is 3. The van der Waals surface area contributed by atoms with Crippen molar-refractivity contribution in [1.29, 1.82) is 0 Å². The standard InChI is InChI=1S/C15H20ClN5/c1-9-10(16)6-5-7-11(9)20-13-12(17)14(19-8-18-13)21-15(2,3)4/h5-8H,17H2,1-4H3,(H2,18,19,20,21). The average molecular weight is 306 g/mol. The Morgan fingerprint density at radius 2 is 1.81 bits per heavy atom. The van der Waals surface area contributed by atoms with Crippen LogP contribution in [-0.2, 0) is 0 Å². The van der Waals surface area contributed by atoms with Crippen molar-refractivity contribution >= 4 is 34.6 Å². The Morgan fingerprint density at radius 3 is 2.48 bits per heavy atom. The molecule has 1 heterocycles. The first kappa shape index (κ1) is 15.4. The van der Waals surface area contributed by atoms with Gasteiger partial charge in [-0.2, -0.15) is 0 Å². The van der Waals surface area contributed by atoms with Gasteiger partial charge < -0.3 is 16.4 Å². The maximum absolute atomic E-state index is 6.14. The van der Waals surface area contributed by atoms with E-state index in [0.717, 1.165) is 11.3 Å². The van der Waals surface area contributed by atoms with Gasteiger partial charge in [-0.1, -0.05) is 17.7 Å². The van der Waals surface area contributed by atoms with Crippen LogP contribution < -0.4 is 16.4 Å². The molecule has 2 rings (SSSR count). The van der Waals surface area contributed by atoms with Crippen LogP contribution >= 0.6 is 11.6 Å². The van der Waals surface area contributed by atoms with Crippen molar-refractivity contribution in [3.8, 4) is 0 Å². The normalized spacial score (nSPS) is 11.3. The van der Waals surface area contributed by atoms with Gasteiger partial charge in [0.25, 0.3) is 0 Å². The highest BCUT2D eigenvalue weighted by Crippen LogP contribution is 2.30. The van der Waals surface area contributed by atoms with Crippen LogP contribution in [0.4, 0.5) is 23.0 Å². The lowest BCUT2D eigenvalue weighted by Gasteiger charge is -2.23. The quantitative estimate of drug-likeness (QED) is 0.800. The van der Waals surface area contributed by atoms with Crippen LogP contribution in [0.1, 0.15) is 26.3 Å². The van der Waals surface area contributed by atoms with E-state index in [2.05, 4.69) is 20.6 Å². The van der Waals surface area contributed by atoms with Gasteiger partial charge in [0.15, 0.2) is 11.6 Å². The van der Waals surface area contributed by atoms with Crippen molar-refractivity contribution in [2.24, 2.45) is 0 Å². The summed E-state index contributed by atoms with van der Waals surface area (Å²) >= 11 is 6.12. The van der Waals surface area contributed by atoms with Crippen molar-refractivity contribution in [3.63, 3.8) is 0 Å². The van der Waals surface area contributed by atoms with Crippen molar-refractivity contribution in [3.05, 3.63) is 35.1 Å². The van der Waals surface area contributed by atoms with E-state index < -0.39 is 0 Å². The molecule has 21 heavy (non-hydrogen) atoms. The number of aromatic nitrogens is 2. The molecule has 1 aromatic carbocycles. The summed E-state index contributed by atoms with van der Waals surface area (Å²) in [7, 11) is 0. The number of benzene rings is 1. The number of nitrogens with zero attached hydrogens (tertiary/aromatic N) is 2. The third-order valence-electron chi connectivity index (χ3n) is 2.90. The summed E-state index contributed by atoms with van der Waals surface area (Å²) in [6, 6.07) is 5.65. The molecule has 6 heteroatoms. The summed E-state index contributed by atoms with van der Waals surface area (Å²) in [6.45, 7) is 8.07. The van der Waals surface area contributed by atoms with E-state index in [1.165, 1.54) is 6.33 Å². The molecule has 0 spiro atoms. The predicted molar refractivity (Wildman–Crippen MR) is 89.3 cm³/mol. The molecule has 112 valence electrons. The molecular formula is C15H20ClN5. The molecule has 0 saturated carbocycles. The lowest BCUT2D eigenvalue weighted by atomic mass is 10.1. The Labute approximate surface area is 129 Å². The molecule has 0 amide bonds. The summed E-state index contributed by atoms with van der Waals surface area (Å²) in [5.74, 6) is 1.17. The Hall–Kier alpha value is -2.01. The Balaban J connectivity index is 2.33. The fourth-order valence-electron chi connectivity index (χ4n) is 1.82. The van der Waals surface area contributed by atoms with Gasteiger partial charge in [0.2, 0.25) is 0 Å². The second-order valence-corrected chi connectivity index (χ2v) is 6.30. The third kappa shape index (κ3) is 3.76. The summed E-state index contributed by atoms with van der Waals surface area (Å²) in [4.78, 5) is 8.40. The van der Waals surface area contributed by atoms with Crippen LogP contribution in [-0.4, -0.2) is 15.5 Å². The molecule has 2 aromatic rings. The van der Waals surface area contributed by atoms with Gasteiger partial charge in [0, 0.05) is 16.2 Å². The molecular weight excluding hydrogens is 286 g/mol. The smallest absolute Gasteiger partial charge is 0.159 e. The second-order valence-electron chi connectivity index (χ2n) is 5.90.